The zero-order valence-electron chi connectivity index (χ0n) is 63.4. The number of hydrogen-bond acceptors (Lipinski definition) is 15. The van der Waals surface area contributed by atoms with Crippen LogP contribution in [0.25, 0.3) is 0 Å². The summed E-state index contributed by atoms with van der Waals surface area (Å²) in [5, 5.41) is 10.6. The van der Waals surface area contributed by atoms with Gasteiger partial charge in [0.05, 0.1) is 26.4 Å². The summed E-state index contributed by atoms with van der Waals surface area (Å²) in [7, 11) is -9.90. The van der Waals surface area contributed by atoms with Crippen molar-refractivity contribution in [1.82, 2.24) is 0 Å². The fraction of sp³-hybridized carbons (Fsp3) is 0.949. The number of rotatable bonds is 77. The number of ether oxygens (including phenoxy) is 4. The minimum absolute atomic E-state index is 0.104. The summed E-state index contributed by atoms with van der Waals surface area (Å²) in [6.07, 6.45) is 59.0. The summed E-state index contributed by atoms with van der Waals surface area (Å²) in [5.41, 5.74) is 0. The Morgan fingerprint density at radius 3 is 0.701 bits per heavy atom. The second-order valence-electron chi connectivity index (χ2n) is 29.1. The highest BCUT2D eigenvalue weighted by atomic mass is 31.2. The first-order valence-electron chi connectivity index (χ1n) is 40.5. The maximum atomic E-state index is 13.1. The number of hydrogen-bond donors (Lipinski definition) is 3. The lowest BCUT2D eigenvalue weighted by Gasteiger charge is -2.21. The van der Waals surface area contributed by atoms with Gasteiger partial charge in [0.15, 0.2) is 12.2 Å². The Morgan fingerprint density at radius 2 is 0.474 bits per heavy atom. The van der Waals surface area contributed by atoms with Crippen LogP contribution in [0.4, 0.5) is 0 Å². The molecule has 576 valence electrons. The Balaban J connectivity index is 5.10. The van der Waals surface area contributed by atoms with Gasteiger partial charge in [0.25, 0.3) is 0 Å². The molecular weight excluding hydrogens is 1270 g/mol. The number of phosphoric acid groups is 2. The molecule has 97 heavy (non-hydrogen) atoms. The molecule has 0 radical (unpaired) electrons. The molecular formula is C78H152O17P2. The van der Waals surface area contributed by atoms with Crippen LogP contribution in [0.2, 0.25) is 0 Å². The quantitative estimate of drug-likeness (QED) is 0.0222. The van der Waals surface area contributed by atoms with Gasteiger partial charge >= 0.3 is 39.5 Å². The molecule has 0 heterocycles. The van der Waals surface area contributed by atoms with Crippen LogP contribution in [0, 0.1) is 11.8 Å². The van der Waals surface area contributed by atoms with Crippen LogP contribution >= 0.6 is 15.6 Å². The van der Waals surface area contributed by atoms with E-state index in [1.807, 2.05) is 0 Å². The second-order valence-corrected chi connectivity index (χ2v) is 32.0. The summed E-state index contributed by atoms with van der Waals surface area (Å²) >= 11 is 0. The first-order valence-corrected chi connectivity index (χ1v) is 43.5. The molecule has 0 bridgehead atoms. The Kier molecular flexibility index (Phi) is 68.4. The molecule has 3 N–H and O–H groups in total. The van der Waals surface area contributed by atoms with E-state index in [-0.39, 0.29) is 25.7 Å². The molecule has 0 aliphatic heterocycles. The van der Waals surface area contributed by atoms with E-state index in [4.69, 9.17) is 37.0 Å². The molecule has 0 aromatic heterocycles. The van der Waals surface area contributed by atoms with E-state index >= 15 is 0 Å². The third-order valence-corrected chi connectivity index (χ3v) is 20.1. The maximum Gasteiger partial charge on any atom is 0.472 e. The SMILES string of the molecule is CCCCCCCCCCCCCCCCCCCCCCCCC(=O)O[C@H](COC(=O)CCCCCCCCCCCCCCCCCCC(C)C)COP(=O)(O)OC[C@@H](O)COP(=O)(O)OC[C@@H](COC(=O)CCCCCCC)OC(=O)CCCCCCCCCCC(C)C. The first-order chi connectivity index (χ1) is 46.9. The highest BCUT2D eigenvalue weighted by Gasteiger charge is 2.30. The third kappa shape index (κ3) is 72.2. The van der Waals surface area contributed by atoms with Gasteiger partial charge in [-0.3, -0.25) is 37.3 Å². The summed E-state index contributed by atoms with van der Waals surface area (Å²) in [5.74, 6) is -0.597. The van der Waals surface area contributed by atoms with E-state index in [1.54, 1.807) is 0 Å². The molecule has 19 heteroatoms. The molecule has 0 saturated heterocycles. The number of esters is 4. The minimum Gasteiger partial charge on any atom is -0.462 e. The largest absolute Gasteiger partial charge is 0.472 e. The van der Waals surface area contributed by atoms with Crippen molar-refractivity contribution in [3.05, 3.63) is 0 Å². The standard InChI is InChI=1S/C78H152O17P2/c1-7-9-11-13-14-15-16-17-18-19-20-21-22-23-24-29-32-35-38-44-50-56-62-77(82)95-74(67-89-76(81)61-55-49-43-37-34-31-28-26-25-27-30-33-36-41-47-52-58-70(3)4)69-93-97(86,87)91-65-72(79)64-90-96(84,85)92-68-73(66-88-75(80)60-54-46-12-10-8-2)94-78(83)63-57-51-45-40-39-42-48-53-59-71(5)6/h70-74,79H,7-69H2,1-6H3,(H,84,85)(H,86,87)/t72-,73+,74+/m0/s1. The van der Waals surface area contributed by atoms with Crippen molar-refractivity contribution in [2.24, 2.45) is 11.8 Å². The highest BCUT2D eigenvalue weighted by molar-refractivity contribution is 7.47. The van der Waals surface area contributed by atoms with Gasteiger partial charge in [0, 0.05) is 25.7 Å². The Labute approximate surface area is 594 Å². The summed E-state index contributed by atoms with van der Waals surface area (Å²) in [6, 6.07) is 0. The van der Waals surface area contributed by atoms with Crippen LogP contribution < -0.4 is 0 Å². The molecule has 5 atom stereocenters. The smallest absolute Gasteiger partial charge is 0.462 e. The van der Waals surface area contributed by atoms with Crippen LogP contribution in [0.15, 0.2) is 0 Å². The molecule has 0 spiro atoms. The minimum atomic E-state index is -4.96. The number of aliphatic hydroxyl groups is 1. The van der Waals surface area contributed by atoms with Gasteiger partial charge in [-0.2, -0.15) is 0 Å². The molecule has 0 amide bonds. The van der Waals surface area contributed by atoms with Crippen LogP contribution in [-0.4, -0.2) is 96.7 Å². The molecule has 0 saturated carbocycles. The van der Waals surface area contributed by atoms with Crippen LogP contribution in [0.5, 0.6) is 0 Å². The van der Waals surface area contributed by atoms with Crippen LogP contribution in [0.3, 0.4) is 0 Å². The van der Waals surface area contributed by atoms with E-state index < -0.39 is 97.5 Å². The number of aliphatic hydroxyl groups excluding tert-OH is 1. The molecule has 2 unspecified atom stereocenters. The van der Waals surface area contributed by atoms with Gasteiger partial charge in [-0.15, -0.1) is 0 Å². The topological polar surface area (TPSA) is 237 Å². The number of phosphoric ester groups is 2. The molecule has 0 aliphatic carbocycles. The zero-order chi connectivity index (χ0) is 71.4. The normalized spacial score (nSPS) is 14.0. The predicted molar refractivity (Wildman–Crippen MR) is 395 cm³/mol. The van der Waals surface area contributed by atoms with Gasteiger partial charge < -0.3 is 33.8 Å². The molecule has 17 nitrogen and oxygen atoms in total. The van der Waals surface area contributed by atoms with Crippen molar-refractivity contribution >= 4 is 39.5 Å². The van der Waals surface area contributed by atoms with E-state index in [2.05, 4.69) is 41.5 Å². The number of carbonyl (C=O) groups is 4. The summed E-state index contributed by atoms with van der Waals surface area (Å²) in [6.45, 7) is 9.50. The molecule has 0 fully saturated rings. The van der Waals surface area contributed by atoms with Crippen LogP contribution in [-0.2, 0) is 65.4 Å². The Morgan fingerprint density at radius 1 is 0.278 bits per heavy atom. The number of carbonyl (C=O) groups excluding carboxylic acids is 4. The molecule has 0 aromatic carbocycles. The van der Waals surface area contributed by atoms with Gasteiger partial charge in [0.2, 0.25) is 0 Å². The maximum absolute atomic E-state index is 13.1. The Hall–Kier alpha value is -1.94. The van der Waals surface area contributed by atoms with Gasteiger partial charge in [-0.25, -0.2) is 9.13 Å². The van der Waals surface area contributed by atoms with E-state index in [1.165, 1.54) is 218 Å². The second kappa shape index (κ2) is 69.8. The lowest BCUT2D eigenvalue weighted by Crippen LogP contribution is -2.30. The third-order valence-electron chi connectivity index (χ3n) is 18.2. The van der Waals surface area contributed by atoms with Gasteiger partial charge in [-0.1, -0.05) is 356 Å². The average molecular weight is 1420 g/mol. The summed E-state index contributed by atoms with van der Waals surface area (Å²) in [4.78, 5) is 72.5. The Bertz CT molecular complexity index is 1870. The molecule has 0 aliphatic rings. The zero-order valence-corrected chi connectivity index (χ0v) is 65.2. The van der Waals surface area contributed by atoms with Crippen molar-refractivity contribution in [1.29, 1.82) is 0 Å². The average Bonchev–Trinajstić information content (AvgIpc) is 2.74. The van der Waals surface area contributed by atoms with E-state index in [0.717, 1.165) is 108 Å². The lowest BCUT2D eigenvalue weighted by atomic mass is 10.0. The van der Waals surface area contributed by atoms with Crippen LogP contribution in [0.1, 0.15) is 408 Å². The molecule has 0 rings (SSSR count). The van der Waals surface area contributed by atoms with Crippen molar-refractivity contribution in [3.63, 3.8) is 0 Å². The number of unbranched alkanes of at least 4 members (excludes halogenated alkanes) is 47. The highest BCUT2D eigenvalue weighted by Crippen LogP contribution is 2.45. The van der Waals surface area contributed by atoms with Crippen molar-refractivity contribution in [3.8, 4) is 0 Å². The van der Waals surface area contributed by atoms with Crippen molar-refractivity contribution in [2.75, 3.05) is 39.6 Å². The van der Waals surface area contributed by atoms with Gasteiger partial charge in [0.1, 0.15) is 19.3 Å². The lowest BCUT2D eigenvalue weighted by molar-refractivity contribution is -0.161. The van der Waals surface area contributed by atoms with E-state index in [0.29, 0.717) is 25.7 Å². The van der Waals surface area contributed by atoms with Crippen molar-refractivity contribution in [2.45, 2.75) is 426 Å². The monoisotopic (exact) mass is 1420 g/mol. The van der Waals surface area contributed by atoms with Crippen molar-refractivity contribution < 1.29 is 80.2 Å². The molecule has 0 aromatic rings. The fourth-order valence-corrected chi connectivity index (χ4v) is 13.6. The summed E-state index contributed by atoms with van der Waals surface area (Å²) < 4.78 is 68.3. The fourth-order valence-electron chi connectivity index (χ4n) is 12.0. The van der Waals surface area contributed by atoms with E-state index in [9.17, 15) is 43.2 Å². The first kappa shape index (κ1) is 95.1. The predicted octanol–water partition coefficient (Wildman–Crippen LogP) is 23.1. The van der Waals surface area contributed by atoms with Gasteiger partial charge in [-0.05, 0) is 37.5 Å².